The molecule has 0 saturated heterocycles. The van der Waals surface area contributed by atoms with E-state index in [9.17, 15) is 9.59 Å². The van der Waals surface area contributed by atoms with Crippen molar-refractivity contribution in [2.75, 3.05) is 18.2 Å². The van der Waals surface area contributed by atoms with E-state index >= 15 is 0 Å². The Morgan fingerprint density at radius 1 is 1.38 bits per heavy atom. The summed E-state index contributed by atoms with van der Waals surface area (Å²) in [5.41, 5.74) is 0.613. The summed E-state index contributed by atoms with van der Waals surface area (Å²) in [5.74, 6) is -0.328. The lowest BCUT2D eigenvalue weighted by Gasteiger charge is -2.09. The number of nitrogens with one attached hydrogen (secondary N) is 1. The molecular weight excluding hydrogens is 310 g/mol. The molecule has 2 rings (SSSR count). The van der Waals surface area contributed by atoms with Crippen molar-refractivity contribution in [3.8, 4) is 5.75 Å². The highest BCUT2D eigenvalue weighted by molar-refractivity contribution is 8.00. The Balaban J connectivity index is 1.91. The molecule has 1 aromatic carbocycles. The van der Waals surface area contributed by atoms with Crippen LogP contribution in [0.1, 0.15) is 9.67 Å². The maximum absolute atomic E-state index is 11.9. The Morgan fingerprint density at radius 2 is 2.14 bits per heavy atom. The number of benzene rings is 1. The van der Waals surface area contributed by atoms with Gasteiger partial charge in [-0.15, -0.1) is 23.1 Å². The topological polar surface area (TPSA) is 75.6 Å². The first-order valence-electron chi connectivity index (χ1n) is 5.97. The van der Waals surface area contributed by atoms with Crippen LogP contribution in [-0.2, 0) is 4.79 Å². The number of rotatable bonds is 6. The summed E-state index contributed by atoms with van der Waals surface area (Å²) in [4.78, 5) is 23.7. The van der Waals surface area contributed by atoms with Crippen LogP contribution in [0.3, 0.4) is 0 Å². The minimum atomic E-state index is -0.953. The van der Waals surface area contributed by atoms with Crippen molar-refractivity contribution >= 4 is 40.7 Å². The molecule has 1 aromatic heterocycles. The SMILES string of the molecule is COc1ccccc1NC(=O)CSc1csc(C(=O)O)c1. The van der Waals surface area contributed by atoms with Crippen LogP contribution in [0.25, 0.3) is 0 Å². The predicted octanol–water partition coefficient (Wildman–Crippen LogP) is 3.19. The Kier molecular flexibility index (Phi) is 5.24. The van der Waals surface area contributed by atoms with Crippen molar-refractivity contribution < 1.29 is 19.4 Å². The molecule has 0 aliphatic carbocycles. The van der Waals surface area contributed by atoms with Crippen LogP contribution < -0.4 is 10.1 Å². The van der Waals surface area contributed by atoms with Crippen LogP contribution >= 0.6 is 23.1 Å². The number of anilines is 1. The Morgan fingerprint density at radius 3 is 2.81 bits per heavy atom. The van der Waals surface area contributed by atoms with Gasteiger partial charge in [0.25, 0.3) is 0 Å². The third-order valence-corrected chi connectivity index (χ3v) is 4.58. The zero-order valence-electron chi connectivity index (χ0n) is 11.2. The zero-order chi connectivity index (χ0) is 15.2. The van der Waals surface area contributed by atoms with Crippen LogP contribution in [0.15, 0.2) is 40.6 Å². The molecule has 1 heterocycles. The summed E-state index contributed by atoms with van der Waals surface area (Å²) in [6, 6.07) is 8.72. The van der Waals surface area contributed by atoms with Gasteiger partial charge in [-0.3, -0.25) is 4.79 Å². The summed E-state index contributed by atoms with van der Waals surface area (Å²) in [6.07, 6.45) is 0. The van der Waals surface area contributed by atoms with Gasteiger partial charge in [0.05, 0.1) is 18.6 Å². The minimum absolute atomic E-state index is 0.174. The van der Waals surface area contributed by atoms with E-state index in [1.807, 2.05) is 12.1 Å². The highest BCUT2D eigenvalue weighted by Crippen LogP contribution is 2.26. The first-order chi connectivity index (χ1) is 10.1. The summed E-state index contributed by atoms with van der Waals surface area (Å²) in [7, 11) is 1.54. The van der Waals surface area contributed by atoms with E-state index < -0.39 is 5.97 Å². The van der Waals surface area contributed by atoms with Crippen LogP contribution in [0, 0.1) is 0 Å². The summed E-state index contributed by atoms with van der Waals surface area (Å²) in [5, 5.41) is 13.3. The maximum Gasteiger partial charge on any atom is 0.345 e. The van der Waals surface area contributed by atoms with Crippen molar-refractivity contribution in [3.63, 3.8) is 0 Å². The van der Waals surface area contributed by atoms with Gasteiger partial charge in [-0.25, -0.2) is 4.79 Å². The standard InChI is InChI=1S/C14H13NO4S2/c1-19-11-5-3-2-4-10(11)15-13(16)8-20-9-6-12(14(17)18)21-7-9/h2-7H,8H2,1H3,(H,15,16)(H,17,18). The monoisotopic (exact) mass is 323 g/mol. The van der Waals surface area contributed by atoms with Crippen LogP contribution in [0.2, 0.25) is 0 Å². The average molecular weight is 323 g/mol. The number of aromatic carboxylic acids is 1. The number of hydrogen-bond donors (Lipinski definition) is 2. The lowest BCUT2D eigenvalue weighted by molar-refractivity contribution is -0.113. The number of ether oxygens (including phenoxy) is 1. The van der Waals surface area contributed by atoms with E-state index in [1.54, 1.807) is 30.7 Å². The Hall–Kier alpha value is -1.99. The molecule has 5 nitrogen and oxygen atoms in total. The lowest BCUT2D eigenvalue weighted by Crippen LogP contribution is -2.14. The third kappa shape index (κ3) is 4.24. The molecule has 21 heavy (non-hydrogen) atoms. The molecule has 110 valence electrons. The minimum Gasteiger partial charge on any atom is -0.495 e. The van der Waals surface area contributed by atoms with Gasteiger partial charge in [0.2, 0.25) is 5.91 Å². The Labute approximate surface area is 129 Å². The van der Waals surface area contributed by atoms with E-state index in [2.05, 4.69) is 5.32 Å². The van der Waals surface area contributed by atoms with Crippen LogP contribution in [0.5, 0.6) is 5.75 Å². The van der Waals surface area contributed by atoms with E-state index in [1.165, 1.54) is 11.8 Å². The predicted molar refractivity (Wildman–Crippen MR) is 83.6 cm³/mol. The van der Waals surface area contributed by atoms with E-state index in [4.69, 9.17) is 9.84 Å². The van der Waals surface area contributed by atoms with Gasteiger partial charge in [0, 0.05) is 10.3 Å². The van der Waals surface area contributed by atoms with Crippen LogP contribution in [-0.4, -0.2) is 29.8 Å². The molecule has 2 N–H and O–H groups in total. The average Bonchev–Trinajstić information content (AvgIpc) is 2.95. The molecule has 0 bridgehead atoms. The van der Waals surface area contributed by atoms with Gasteiger partial charge < -0.3 is 15.2 Å². The van der Waals surface area contributed by atoms with Crippen molar-refractivity contribution in [2.45, 2.75) is 4.90 Å². The first kappa shape index (κ1) is 15.4. The number of amides is 1. The van der Waals surface area contributed by atoms with E-state index in [-0.39, 0.29) is 16.5 Å². The molecule has 0 radical (unpaired) electrons. The maximum atomic E-state index is 11.9. The second-order valence-corrected chi connectivity index (χ2v) is 5.95. The number of hydrogen-bond acceptors (Lipinski definition) is 5. The van der Waals surface area contributed by atoms with Crippen molar-refractivity contribution in [1.29, 1.82) is 0 Å². The molecule has 0 spiro atoms. The normalized spacial score (nSPS) is 10.1. The molecule has 0 fully saturated rings. The fourth-order valence-electron chi connectivity index (χ4n) is 1.59. The van der Waals surface area contributed by atoms with Gasteiger partial charge in [-0.1, -0.05) is 12.1 Å². The number of carboxylic acids is 1. The number of thiophene rings is 1. The lowest BCUT2D eigenvalue weighted by atomic mass is 10.3. The fraction of sp³-hybridized carbons (Fsp3) is 0.143. The summed E-state index contributed by atoms with van der Waals surface area (Å²) in [6.45, 7) is 0. The quantitative estimate of drug-likeness (QED) is 0.799. The van der Waals surface area contributed by atoms with Crippen molar-refractivity contribution in [3.05, 3.63) is 40.6 Å². The molecule has 0 atom stereocenters. The van der Waals surface area contributed by atoms with Crippen molar-refractivity contribution in [1.82, 2.24) is 0 Å². The number of para-hydroxylation sites is 2. The van der Waals surface area contributed by atoms with Gasteiger partial charge in [0.1, 0.15) is 10.6 Å². The highest BCUT2D eigenvalue weighted by Gasteiger charge is 2.10. The smallest absolute Gasteiger partial charge is 0.345 e. The molecule has 1 amide bonds. The molecule has 0 unspecified atom stereocenters. The zero-order valence-corrected chi connectivity index (χ0v) is 12.8. The van der Waals surface area contributed by atoms with Gasteiger partial charge in [-0.2, -0.15) is 0 Å². The fourth-order valence-corrected chi connectivity index (χ4v) is 3.26. The number of methoxy groups -OCH3 is 1. The first-order valence-corrected chi connectivity index (χ1v) is 7.84. The molecule has 0 aliphatic heterocycles. The summed E-state index contributed by atoms with van der Waals surface area (Å²) < 4.78 is 5.15. The molecule has 7 heteroatoms. The van der Waals surface area contributed by atoms with E-state index in [0.717, 1.165) is 16.2 Å². The number of carbonyl (C=O) groups is 2. The molecule has 0 aliphatic rings. The van der Waals surface area contributed by atoms with E-state index in [0.29, 0.717) is 11.4 Å². The van der Waals surface area contributed by atoms with Crippen LogP contribution in [0.4, 0.5) is 5.69 Å². The van der Waals surface area contributed by atoms with Gasteiger partial charge in [-0.05, 0) is 18.2 Å². The van der Waals surface area contributed by atoms with Gasteiger partial charge in [0.15, 0.2) is 0 Å². The second kappa shape index (κ2) is 7.14. The second-order valence-electron chi connectivity index (χ2n) is 3.99. The van der Waals surface area contributed by atoms with Crippen molar-refractivity contribution in [2.24, 2.45) is 0 Å². The number of carboxylic acid groups (broad SMARTS) is 1. The highest BCUT2D eigenvalue weighted by atomic mass is 32.2. The molecule has 2 aromatic rings. The Bertz CT molecular complexity index is 654. The number of carbonyl (C=O) groups excluding carboxylic acids is 1. The molecule has 0 saturated carbocycles. The third-order valence-electron chi connectivity index (χ3n) is 2.54. The number of thioether (sulfide) groups is 1. The summed E-state index contributed by atoms with van der Waals surface area (Å²) >= 11 is 2.44. The largest absolute Gasteiger partial charge is 0.495 e. The molecular formula is C14H13NO4S2. The van der Waals surface area contributed by atoms with Gasteiger partial charge >= 0.3 is 5.97 Å².